The first-order valence-electron chi connectivity index (χ1n) is 16.7. The number of aliphatic hydroxyl groups is 7. The van der Waals surface area contributed by atoms with Crippen molar-refractivity contribution in [3.63, 3.8) is 0 Å². The third kappa shape index (κ3) is 13.1. The van der Waals surface area contributed by atoms with Crippen LogP contribution in [0.15, 0.2) is 11.8 Å². The van der Waals surface area contributed by atoms with E-state index in [9.17, 15) is 99.3 Å². The number of carbonyl (C=O) groups is 3. The topological polar surface area (TPSA) is 518 Å². The largest absolute Gasteiger partial charge is 0.735 e. The van der Waals surface area contributed by atoms with E-state index in [1.54, 1.807) is 0 Å². The predicted octanol–water partition coefficient (Wildman–Crippen LogP) is -12.9. The maximum Gasteiger partial charge on any atom is 0.229 e. The lowest BCUT2D eigenvalue weighted by atomic mass is 9.94. The number of aliphatic carboxylic acids is 2. The molecule has 0 aromatic heterocycles. The minimum Gasteiger partial charge on any atom is -0.735 e. The standard InChI is InChI=1S/C26H40N2O30S3/c1-5(30)27-10-13(33)16(54-25-12(32)6(31)2-7(52-25)21(36)37)9(4-50-60(44,45)46)53-24(10)56-19-14(34)15(35)26(57-20(19)22(38)39)55-17-8(3-29)51-23(40)11(28-59(41,42)43)18(17)58-61(47,48)49/h2,6,8-20,23-26,28-29,31-35,40H,3-4H2,1H3,(H,27,30)(H,36,37)(H,38,39)(H,41,42,43)(H,44,45,46)(H,47,48,49)/p-5/t6-,8+,9+,10+,11+,12+,13+,14+,15+,16?,17?,18+,19?,20-,23?,24+,25-,26+/m0/s1. The Morgan fingerprint density at radius 1 is 0.721 bits per heavy atom. The molecule has 0 aromatic rings. The smallest absolute Gasteiger partial charge is 0.229 e. The summed E-state index contributed by atoms with van der Waals surface area (Å²) in [4.78, 5) is 36.0. The fraction of sp³-hybridized carbons (Fsp3) is 0.808. The minimum absolute atomic E-state index is 0.481. The second-order valence-electron chi connectivity index (χ2n) is 13.1. The molecule has 32 nitrogen and oxygen atoms in total. The lowest BCUT2D eigenvalue weighted by Gasteiger charge is -2.50. The van der Waals surface area contributed by atoms with Gasteiger partial charge in [0.1, 0.15) is 97.1 Å². The van der Waals surface area contributed by atoms with Crippen molar-refractivity contribution in [3.05, 3.63) is 11.8 Å². The monoisotopic (exact) mass is 951 g/mol. The molecular weight excluding hydrogens is 916 g/mol. The zero-order valence-corrected chi connectivity index (χ0v) is 32.6. The van der Waals surface area contributed by atoms with Gasteiger partial charge in [-0.2, -0.15) is 0 Å². The van der Waals surface area contributed by atoms with Crippen LogP contribution in [0.2, 0.25) is 0 Å². The zero-order chi connectivity index (χ0) is 46.1. The molecule has 0 bridgehead atoms. The van der Waals surface area contributed by atoms with E-state index in [2.05, 4.69) is 13.7 Å². The molecule has 1 amide bonds. The van der Waals surface area contributed by atoms with Gasteiger partial charge in [-0.25, -0.2) is 30.0 Å². The first kappa shape index (κ1) is 50.7. The van der Waals surface area contributed by atoms with E-state index < -0.39 is 178 Å². The van der Waals surface area contributed by atoms with Gasteiger partial charge < -0.3 is 108 Å². The minimum atomic E-state index is -5.96. The molecule has 9 N–H and O–H groups in total. The van der Waals surface area contributed by atoms with Crippen molar-refractivity contribution in [3.8, 4) is 0 Å². The molecular formula is C26H35N2O30S3-5. The molecule has 4 aliphatic heterocycles. The molecule has 3 saturated heterocycles. The first-order chi connectivity index (χ1) is 28.0. The van der Waals surface area contributed by atoms with Crippen molar-refractivity contribution < 1.29 is 141 Å². The number of hydrogen-bond acceptors (Lipinski definition) is 30. The van der Waals surface area contributed by atoms with Gasteiger partial charge in [0, 0.05) is 6.92 Å². The van der Waals surface area contributed by atoms with Crippen molar-refractivity contribution in [2.75, 3.05) is 13.2 Å². The van der Waals surface area contributed by atoms with Crippen molar-refractivity contribution in [2.24, 2.45) is 0 Å². The molecule has 0 aromatic carbocycles. The highest BCUT2D eigenvalue weighted by molar-refractivity contribution is 7.83. The Labute approximate surface area is 341 Å². The third-order valence-electron chi connectivity index (χ3n) is 8.82. The molecule has 18 atom stereocenters. The number of carboxylic acids is 2. The Bertz CT molecular complexity index is 1950. The molecule has 0 saturated carbocycles. The van der Waals surface area contributed by atoms with E-state index in [1.807, 2.05) is 0 Å². The summed E-state index contributed by atoms with van der Waals surface area (Å²) in [6.07, 6.45) is -38.2. The number of nitrogens with one attached hydrogen (secondary N) is 2. The summed E-state index contributed by atoms with van der Waals surface area (Å²) in [5.41, 5.74) is 0. The molecule has 352 valence electrons. The second kappa shape index (κ2) is 19.8. The highest BCUT2D eigenvalue weighted by atomic mass is 32.3. The quantitative estimate of drug-likeness (QED) is 0.0483. The zero-order valence-electron chi connectivity index (χ0n) is 30.1. The van der Waals surface area contributed by atoms with Gasteiger partial charge in [-0.1, -0.05) is 0 Å². The number of carboxylic acid groups (broad SMARTS) is 2. The number of amides is 1. The lowest BCUT2D eigenvalue weighted by molar-refractivity contribution is -0.382. The molecule has 4 heterocycles. The highest BCUT2D eigenvalue weighted by Crippen LogP contribution is 2.35. The van der Waals surface area contributed by atoms with E-state index in [4.69, 9.17) is 33.2 Å². The van der Waals surface area contributed by atoms with Crippen LogP contribution >= 0.6 is 0 Å². The van der Waals surface area contributed by atoms with Crippen molar-refractivity contribution in [1.29, 1.82) is 0 Å². The Kier molecular flexibility index (Phi) is 16.5. The number of ether oxygens (including phenoxy) is 7. The molecule has 0 radical (unpaired) electrons. The van der Waals surface area contributed by atoms with Crippen LogP contribution in [0.3, 0.4) is 0 Å². The highest BCUT2D eigenvalue weighted by Gasteiger charge is 2.56. The number of rotatable bonds is 17. The molecule has 0 spiro atoms. The van der Waals surface area contributed by atoms with Crippen LogP contribution in [-0.2, 0) is 87.0 Å². The van der Waals surface area contributed by atoms with Crippen molar-refractivity contribution in [2.45, 2.75) is 117 Å². The molecule has 4 rings (SSSR count). The predicted molar refractivity (Wildman–Crippen MR) is 167 cm³/mol. The van der Waals surface area contributed by atoms with Gasteiger partial charge in [0.2, 0.25) is 33.0 Å². The first-order valence-corrected chi connectivity index (χ1v) is 20.8. The van der Waals surface area contributed by atoms with Crippen LogP contribution in [-0.4, -0.2) is 216 Å². The van der Waals surface area contributed by atoms with Gasteiger partial charge in [0.05, 0.1) is 19.2 Å². The fourth-order valence-electron chi connectivity index (χ4n) is 6.28. The van der Waals surface area contributed by atoms with Gasteiger partial charge in [0.25, 0.3) is 0 Å². The Morgan fingerprint density at radius 2 is 1.33 bits per heavy atom. The van der Waals surface area contributed by atoms with Gasteiger partial charge in [-0.3, -0.25) is 13.2 Å². The summed E-state index contributed by atoms with van der Waals surface area (Å²) in [7, 11) is -17.3. The maximum absolute atomic E-state index is 12.4. The number of aliphatic hydroxyl groups excluding tert-OH is 7. The number of hydrogen-bond donors (Lipinski definition) is 9. The summed E-state index contributed by atoms with van der Waals surface area (Å²) < 4.78 is 149. The molecule has 4 aliphatic rings. The summed E-state index contributed by atoms with van der Waals surface area (Å²) >= 11 is 0. The Balaban J connectivity index is 1.67. The Hall–Kier alpha value is -2.96. The van der Waals surface area contributed by atoms with Crippen LogP contribution in [0.1, 0.15) is 6.92 Å². The molecule has 61 heavy (non-hydrogen) atoms. The summed E-state index contributed by atoms with van der Waals surface area (Å²) in [6.45, 7) is -1.96. The van der Waals surface area contributed by atoms with Gasteiger partial charge in [-0.15, -0.1) is 0 Å². The van der Waals surface area contributed by atoms with Gasteiger partial charge in [-0.05, 0) is 6.08 Å². The van der Waals surface area contributed by atoms with E-state index in [0.717, 1.165) is 11.6 Å². The summed E-state index contributed by atoms with van der Waals surface area (Å²) in [6, 6.07) is -4.64. The summed E-state index contributed by atoms with van der Waals surface area (Å²) in [5.74, 6) is -6.59. The normalized spacial score (nSPS) is 40.0. The molecule has 3 fully saturated rings. The molecule has 35 heteroatoms. The average Bonchev–Trinajstić information content (AvgIpc) is 3.12. The van der Waals surface area contributed by atoms with Crippen LogP contribution in [0.4, 0.5) is 0 Å². The van der Waals surface area contributed by atoms with Gasteiger partial charge >= 0.3 is 0 Å². The van der Waals surface area contributed by atoms with Crippen LogP contribution in [0.5, 0.6) is 0 Å². The van der Waals surface area contributed by atoms with Crippen LogP contribution < -0.4 is 20.3 Å². The summed E-state index contributed by atoms with van der Waals surface area (Å²) in [5, 5.41) is 100. The molecule has 0 aliphatic carbocycles. The lowest BCUT2D eigenvalue weighted by Crippen LogP contribution is -2.70. The fourth-order valence-corrected chi connectivity index (χ4v) is 7.67. The van der Waals surface area contributed by atoms with E-state index in [0.29, 0.717) is 6.08 Å². The SMILES string of the molecule is CC(=O)N[C@H]1[C@@H](OC2[C@@H](C(=O)[O-])O[C@@H](OC3[C@@H](CO)OC(O)[C@H](NS(=O)(=O)[O-])[C@H]3OS(=O)(=O)[O-])[C@H](O)[C@H]2O)O[C@H](COS(=O)(=O)[O-])C(O[C@@H]2OC(C(=O)[O-])=C[C@H](O)[C@H]2O)[C@@H]1O. The van der Waals surface area contributed by atoms with E-state index in [1.165, 1.54) is 0 Å². The van der Waals surface area contributed by atoms with E-state index >= 15 is 0 Å². The van der Waals surface area contributed by atoms with Crippen molar-refractivity contribution >= 4 is 48.9 Å². The second-order valence-corrected chi connectivity index (χ2v) is 16.3. The van der Waals surface area contributed by atoms with Gasteiger partial charge in [0.15, 0.2) is 29.2 Å². The number of carbonyl (C=O) groups excluding carboxylic acids is 3. The third-order valence-corrected chi connectivity index (χ3v) is 10.3. The maximum atomic E-state index is 12.4. The van der Waals surface area contributed by atoms with Crippen LogP contribution in [0.25, 0.3) is 0 Å². The van der Waals surface area contributed by atoms with Crippen LogP contribution in [0, 0.1) is 0 Å². The Morgan fingerprint density at radius 3 is 1.85 bits per heavy atom. The average molecular weight is 952 g/mol. The molecule has 4 unspecified atom stereocenters. The van der Waals surface area contributed by atoms with E-state index in [-0.39, 0.29) is 0 Å². The van der Waals surface area contributed by atoms with Crippen molar-refractivity contribution in [1.82, 2.24) is 10.0 Å².